The molecule has 1 fully saturated rings. The second kappa shape index (κ2) is 8.95. The highest BCUT2D eigenvalue weighted by Gasteiger charge is 2.22. The molecule has 31 heavy (non-hydrogen) atoms. The van der Waals surface area contributed by atoms with Crippen molar-refractivity contribution in [3.63, 3.8) is 0 Å². The van der Waals surface area contributed by atoms with Gasteiger partial charge in [-0.1, -0.05) is 35.2 Å². The fourth-order valence-corrected chi connectivity index (χ4v) is 5.91. The zero-order valence-electron chi connectivity index (χ0n) is 16.1. The molecule has 1 N–H and O–H groups in total. The molecule has 7 nitrogen and oxygen atoms in total. The first-order valence-corrected chi connectivity index (χ1v) is 12.2. The molecule has 4 heterocycles. The zero-order chi connectivity index (χ0) is 21.2. The largest absolute Gasteiger partial charge is 0.371 e. The monoisotopic (exact) mass is 473 g/mol. The summed E-state index contributed by atoms with van der Waals surface area (Å²) >= 11 is 4.16. The predicted molar refractivity (Wildman–Crippen MR) is 120 cm³/mol. The Bertz CT molecular complexity index is 1220. The minimum absolute atomic E-state index is 0.0182. The number of anilines is 1. The molecule has 158 valence electrons. The number of thiophene rings is 1. The van der Waals surface area contributed by atoms with Gasteiger partial charge in [-0.3, -0.25) is 10.1 Å². The summed E-state index contributed by atoms with van der Waals surface area (Å²) in [5, 5.41) is 15.8. The zero-order valence-corrected chi connectivity index (χ0v) is 18.5. The molecule has 0 spiro atoms. The number of halogens is 1. The highest BCUT2D eigenvalue weighted by molar-refractivity contribution is 8.00. The molecule has 0 bridgehead atoms. The number of aromatic nitrogens is 4. The Kier molecular flexibility index (Phi) is 5.90. The van der Waals surface area contributed by atoms with Crippen LogP contribution in [-0.2, 0) is 9.53 Å². The van der Waals surface area contributed by atoms with Gasteiger partial charge in [0.05, 0.1) is 11.1 Å². The number of carbonyl (C=O) groups is 1. The standard InChI is InChI=1S/C20H16FN5O2S3/c21-12-5-3-11(4-6-12)13-8-29-18-16(13)19(23-10-22-18)30-9-15(27)24-20-26-25-17(31-20)14-2-1-7-28-14/h3-6,8,10,14H,1-2,7,9H2,(H,24,26,27). The number of hydrogen-bond acceptors (Lipinski definition) is 9. The van der Waals surface area contributed by atoms with E-state index in [1.54, 1.807) is 12.1 Å². The van der Waals surface area contributed by atoms with Gasteiger partial charge in [0.25, 0.3) is 0 Å². The summed E-state index contributed by atoms with van der Waals surface area (Å²) in [6.07, 6.45) is 3.42. The van der Waals surface area contributed by atoms with Crippen LogP contribution >= 0.6 is 34.4 Å². The van der Waals surface area contributed by atoms with Crippen molar-refractivity contribution in [1.82, 2.24) is 20.2 Å². The van der Waals surface area contributed by atoms with Crippen molar-refractivity contribution < 1.29 is 13.9 Å². The summed E-state index contributed by atoms with van der Waals surface area (Å²) in [6.45, 7) is 0.735. The first kappa shape index (κ1) is 20.4. The van der Waals surface area contributed by atoms with Gasteiger partial charge >= 0.3 is 0 Å². The van der Waals surface area contributed by atoms with Crippen LogP contribution in [0.1, 0.15) is 24.0 Å². The van der Waals surface area contributed by atoms with Gasteiger partial charge < -0.3 is 4.74 Å². The maximum Gasteiger partial charge on any atom is 0.236 e. The number of nitrogens with one attached hydrogen (secondary N) is 1. The third kappa shape index (κ3) is 4.45. The molecule has 5 rings (SSSR count). The lowest BCUT2D eigenvalue weighted by molar-refractivity contribution is -0.113. The van der Waals surface area contributed by atoms with E-state index < -0.39 is 0 Å². The molecule has 0 saturated carbocycles. The van der Waals surface area contributed by atoms with Crippen molar-refractivity contribution in [3.8, 4) is 11.1 Å². The van der Waals surface area contributed by atoms with Crippen LogP contribution in [0.3, 0.4) is 0 Å². The molecule has 1 atom stereocenters. The number of carbonyl (C=O) groups excluding carboxylic acids is 1. The van der Waals surface area contributed by atoms with Crippen LogP contribution in [0.15, 0.2) is 41.0 Å². The van der Waals surface area contributed by atoms with Gasteiger partial charge in [-0.2, -0.15) is 0 Å². The van der Waals surface area contributed by atoms with Gasteiger partial charge in [0.15, 0.2) is 0 Å². The van der Waals surface area contributed by atoms with E-state index in [2.05, 4.69) is 25.5 Å². The Morgan fingerprint density at radius 3 is 2.94 bits per heavy atom. The molecule has 3 aromatic heterocycles. The quantitative estimate of drug-likeness (QED) is 0.314. The summed E-state index contributed by atoms with van der Waals surface area (Å²) < 4.78 is 18.9. The predicted octanol–water partition coefficient (Wildman–Crippen LogP) is 4.93. The van der Waals surface area contributed by atoms with Crippen LogP contribution in [0.5, 0.6) is 0 Å². The molecule has 11 heteroatoms. The van der Waals surface area contributed by atoms with Crippen molar-refractivity contribution in [2.24, 2.45) is 0 Å². The van der Waals surface area contributed by atoms with E-state index >= 15 is 0 Å². The molecule has 1 unspecified atom stereocenters. The number of thioether (sulfide) groups is 1. The summed E-state index contributed by atoms with van der Waals surface area (Å²) in [5.41, 5.74) is 1.80. The van der Waals surface area contributed by atoms with Crippen molar-refractivity contribution in [2.75, 3.05) is 17.7 Å². The second-order valence-corrected chi connectivity index (χ2v) is 9.63. The Morgan fingerprint density at radius 1 is 1.26 bits per heavy atom. The lowest BCUT2D eigenvalue weighted by atomic mass is 10.1. The summed E-state index contributed by atoms with van der Waals surface area (Å²) in [4.78, 5) is 22.0. The van der Waals surface area contributed by atoms with E-state index in [4.69, 9.17) is 4.74 Å². The maximum atomic E-state index is 13.3. The Labute approximate surface area is 189 Å². The SMILES string of the molecule is O=C(CSc1ncnc2scc(-c3ccc(F)cc3)c12)Nc1nnc(C2CCCO2)s1. The van der Waals surface area contributed by atoms with Crippen molar-refractivity contribution in [1.29, 1.82) is 0 Å². The lowest BCUT2D eigenvalue weighted by Gasteiger charge is -2.05. The number of rotatable bonds is 6. The van der Waals surface area contributed by atoms with Crippen LogP contribution in [-0.4, -0.2) is 38.4 Å². The Balaban J connectivity index is 1.30. The highest BCUT2D eigenvalue weighted by atomic mass is 32.2. The lowest BCUT2D eigenvalue weighted by Crippen LogP contribution is -2.14. The van der Waals surface area contributed by atoms with Gasteiger partial charge in [0.2, 0.25) is 11.0 Å². The number of fused-ring (bicyclic) bond motifs is 1. The molecule has 1 saturated heterocycles. The molecule has 4 aromatic rings. The smallest absolute Gasteiger partial charge is 0.236 e. The first-order valence-electron chi connectivity index (χ1n) is 9.53. The number of amides is 1. The van der Waals surface area contributed by atoms with Gasteiger partial charge in [0, 0.05) is 17.6 Å². The average molecular weight is 474 g/mol. The van der Waals surface area contributed by atoms with E-state index in [0.29, 0.717) is 10.2 Å². The van der Waals surface area contributed by atoms with Gasteiger partial charge in [-0.05, 0) is 30.5 Å². The van der Waals surface area contributed by atoms with E-state index in [9.17, 15) is 9.18 Å². The fourth-order valence-electron chi connectivity index (χ4n) is 3.28. The third-order valence-corrected chi connectivity index (χ3v) is 7.53. The van der Waals surface area contributed by atoms with Crippen molar-refractivity contribution in [3.05, 3.63) is 46.8 Å². The molecule has 1 aliphatic rings. The van der Waals surface area contributed by atoms with Crippen molar-refractivity contribution in [2.45, 2.75) is 24.0 Å². The van der Waals surface area contributed by atoms with E-state index in [1.807, 2.05) is 5.38 Å². The minimum atomic E-state index is -0.287. The molecule has 1 aromatic carbocycles. The number of ether oxygens (including phenoxy) is 1. The van der Waals surface area contributed by atoms with Crippen LogP contribution in [0.25, 0.3) is 21.3 Å². The highest BCUT2D eigenvalue weighted by Crippen LogP contribution is 2.38. The van der Waals surface area contributed by atoms with Crippen LogP contribution in [0, 0.1) is 5.82 Å². The average Bonchev–Trinajstić information content (AvgIpc) is 3.53. The Hall–Kier alpha value is -2.47. The summed E-state index contributed by atoms with van der Waals surface area (Å²) in [7, 11) is 0. The van der Waals surface area contributed by atoms with E-state index in [-0.39, 0.29) is 23.6 Å². The fraction of sp³-hybridized carbons (Fsp3) is 0.250. The van der Waals surface area contributed by atoms with E-state index in [0.717, 1.165) is 45.8 Å². The second-order valence-electron chi connectivity index (χ2n) is 6.80. The normalized spacial score (nSPS) is 16.1. The van der Waals surface area contributed by atoms with Crippen LogP contribution in [0.4, 0.5) is 9.52 Å². The first-order chi connectivity index (χ1) is 15.2. The molecular formula is C20H16FN5O2S3. The molecule has 0 aliphatic carbocycles. The molecule has 1 amide bonds. The molecule has 1 aliphatic heterocycles. The summed E-state index contributed by atoms with van der Waals surface area (Å²) in [5.74, 6) is -0.310. The number of hydrogen-bond donors (Lipinski definition) is 1. The van der Waals surface area contributed by atoms with Crippen molar-refractivity contribution >= 4 is 55.7 Å². The molecule has 0 radical (unpaired) electrons. The number of nitrogens with zero attached hydrogens (tertiary/aromatic N) is 4. The van der Waals surface area contributed by atoms with Crippen LogP contribution in [0.2, 0.25) is 0 Å². The molecular weight excluding hydrogens is 457 g/mol. The number of benzene rings is 1. The minimum Gasteiger partial charge on any atom is -0.371 e. The summed E-state index contributed by atoms with van der Waals surface area (Å²) in [6, 6.07) is 6.31. The van der Waals surface area contributed by atoms with E-state index in [1.165, 1.54) is 52.9 Å². The third-order valence-electron chi connectivity index (χ3n) is 4.72. The van der Waals surface area contributed by atoms with Crippen LogP contribution < -0.4 is 5.32 Å². The topological polar surface area (TPSA) is 89.9 Å². The maximum absolute atomic E-state index is 13.3. The van der Waals surface area contributed by atoms with Gasteiger partial charge in [-0.25, -0.2) is 14.4 Å². The van der Waals surface area contributed by atoms with Gasteiger partial charge in [-0.15, -0.1) is 21.5 Å². The Morgan fingerprint density at radius 2 is 2.13 bits per heavy atom. The van der Waals surface area contributed by atoms with Gasteiger partial charge in [0.1, 0.15) is 33.1 Å².